The number of fused-ring (bicyclic) bond motifs is 1. The monoisotopic (exact) mass is 315 g/mol. The number of halogens is 2. The van der Waals surface area contributed by atoms with Crippen molar-refractivity contribution in [2.75, 3.05) is 20.3 Å². The smallest absolute Gasteiger partial charge is 0.309 e. The lowest BCUT2D eigenvalue weighted by Gasteiger charge is -2.21. The normalized spacial score (nSPS) is 15.6. The first kappa shape index (κ1) is 16.1. The lowest BCUT2D eigenvalue weighted by atomic mass is 9.85. The van der Waals surface area contributed by atoms with Gasteiger partial charge in [-0.25, -0.2) is 8.78 Å². The minimum Gasteiger partial charge on any atom is -0.493 e. The van der Waals surface area contributed by atoms with Crippen molar-refractivity contribution in [3.05, 3.63) is 38.9 Å². The van der Waals surface area contributed by atoms with Crippen LogP contribution in [0.3, 0.4) is 0 Å². The molecule has 2 atom stereocenters. The maximum absolute atomic E-state index is 14.6. The summed E-state index contributed by atoms with van der Waals surface area (Å²) in [6.45, 7) is 0.800. The standard InChI is InChI=1S/C14H15F2NO5/c1-7(14(18)21-2)9(6-17(19)20)12-10(15)5-11-8(13(12)16)3-4-22-11/h5,7,9H,3-4,6H2,1-2H3/t7?,9-/m1/s1. The molecule has 1 aliphatic rings. The summed E-state index contributed by atoms with van der Waals surface area (Å²) >= 11 is 0. The number of hydrogen-bond donors (Lipinski definition) is 0. The second-order valence-corrected chi connectivity index (χ2v) is 5.09. The van der Waals surface area contributed by atoms with E-state index in [0.29, 0.717) is 0 Å². The number of nitro groups is 1. The molecule has 1 aromatic carbocycles. The van der Waals surface area contributed by atoms with Crippen molar-refractivity contribution in [2.45, 2.75) is 19.3 Å². The van der Waals surface area contributed by atoms with Crippen LogP contribution in [0.4, 0.5) is 8.78 Å². The quantitative estimate of drug-likeness (QED) is 0.472. The van der Waals surface area contributed by atoms with Crippen LogP contribution in [-0.2, 0) is 16.0 Å². The first-order valence-electron chi connectivity index (χ1n) is 6.70. The van der Waals surface area contributed by atoms with Gasteiger partial charge in [0.2, 0.25) is 6.54 Å². The number of carbonyl (C=O) groups excluding carboxylic acids is 1. The topological polar surface area (TPSA) is 78.7 Å². The zero-order chi connectivity index (χ0) is 16.4. The Morgan fingerprint density at radius 1 is 1.55 bits per heavy atom. The predicted molar refractivity (Wildman–Crippen MR) is 71.3 cm³/mol. The summed E-state index contributed by atoms with van der Waals surface area (Å²) in [5, 5.41) is 10.8. The summed E-state index contributed by atoms with van der Waals surface area (Å²) in [5.74, 6) is -4.81. The number of carbonyl (C=O) groups is 1. The second kappa shape index (κ2) is 6.25. The van der Waals surface area contributed by atoms with Crippen molar-refractivity contribution in [1.82, 2.24) is 0 Å². The van der Waals surface area contributed by atoms with Gasteiger partial charge in [0.15, 0.2) is 0 Å². The largest absolute Gasteiger partial charge is 0.493 e. The number of ether oxygens (including phenoxy) is 2. The van der Waals surface area contributed by atoms with Crippen molar-refractivity contribution >= 4 is 5.97 Å². The maximum atomic E-state index is 14.6. The van der Waals surface area contributed by atoms with Gasteiger partial charge >= 0.3 is 5.97 Å². The number of rotatable bonds is 5. The molecular weight excluding hydrogens is 300 g/mol. The molecule has 120 valence electrons. The number of esters is 1. The second-order valence-electron chi connectivity index (χ2n) is 5.09. The van der Waals surface area contributed by atoms with Crippen molar-refractivity contribution in [1.29, 1.82) is 0 Å². The van der Waals surface area contributed by atoms with E-state index < -0.39 is 46.5 Å². The molecule has 1 unspecified atom stereocenters. The van der Waals surface area contributed by atoms with Crippen molar-refractivity contribution < 1.29 is 28.0 Å². The average molecular weight is 315 g/mol. The summed E-state index contributed by atoms with van der Waals surface area (Å²) in [7, 11) is 1.12. The molecule has 1 aromatic rings. The molecule has 22 heavy (non-hydrogen) atoms. The highest BCUT2D eigenvalue weighted by Crippen LogP contribution is 2.37. The Morgan fingerprint density at radius 3 is 2.82 bits per heavy atom. The van der Waals surface area contributed by atoms with Gasteiger partial charge in [-0.3, -0.25) is 14.9 Å². The van der Waals surface area contributed by atoms with Crippen LogP contribution in [0.25, 0.3) is 0 Å². The Labute approximate surface area is 125 Å². The maximum Gasteiger partial charge on any atom is 0.309 e. The van der Waals surface area contributed by atoms with E-state index in [1.54, 1.807) is 0 Å². The third kappa shape index (κ3) is 2.86. The van der Waals surface area contributed by atoms with Crippen LogP contribution in [0.1, 0.15) is 24.0 Å². The summed E-state index contributed by atoms with van der Waals surface area (Å²) in [5.41, 5.74) is -0.277. The molecule has 0 aromatic heterocycles. The van der Waals surface area contributed by atoms with Gasteiger partial charge in [0.05, 0.1) is 25.6 Å². The molecule has 0 saturated heterocycles. The first-order valence-corrected chi connectivity index (χ1v) is 6.70. The Balaban J connectivity index is 2.52. The summed E-state index contributed by atoms with van der Waals surface area (Å²) in [6, 6.07) is 1.01. The van der Waals surface area contributed by atoms with Crippen LogP contribution in [0.2, 0.25) is 0 Å². The van der Waals surface area contributed by atoms with E-state index in [-0.39, 0.29) is 24.3 Å². The molecule has 1 heterocycles. The summed E-state index contributed by atoms with van der Waals surface area (Å²) in [6.07, 6.45) is 0.256. The number of benzene rings is 1. The van der Waals surface area contributed by atoms with Gasteiger partial charge in [0.25, 0.3) is 0 Å². The molecule has 1 aliphatic heterocycles. The molecule has 0 spiro atoms. The number of methoxy groups -OCH3 is 1. The minimum atomic E-state index is -1.26. The Morgan fingerprint density at radius 2 is 2.23 bits per heavy atom. The molecule has 8 heteroatoms. The highest BCUT2D eigenvalue weighted by Gasteiger charge is 2.37. The van der Waals surface area contributed by atoms with E-state index in [1.807, 2.05) is 0 Å². The van der Waals surface area contributed by atoms with Crippen LogP contribution in [0.15, 0.2) is 6.07 Å². The number of hydrogen-bond acceptors (Lipinski definition) is 5. The highest BCUT2D eigenvalue weighted by molar-refractivity contribution is 5.73. The molecule has 0 N–H and O–H groups in total. The molecule has 0 fully saturated rings. The van der Waals surface area contributed by atoms with Crippen molar-refractivity contribution in [3.8, 4) is 5.75 Å². The van der Waals surface area contributed by atoms with Crippen LogP contribution < -0.4 is 4.74 Å². The van der Waals surface area contributed by atoms with Gasteiger partial charge in [0, 0.05) is 28.5 Å². The third-order valence-corrected chi connectivity index (χ3v) is 3.82. The zero-order valence-electron chi connectivity index (χ0n) is 12.1. The predicted octanol–water partition coefficient (Wildman–Crippen LogP) is 2.07. The average Bonchev–Trinajstić information content (AvgIpc) is 2.92. The first-order chi connectivity index (χ1) is 10.4. The van der Waals surface area contributed by atoms with Gasteiger partial charge in [-0.2, -0.15) is 0 Å². The van der Waals surface area contributed by atoms with Gasteiger partial charge in [-0.05, 0) is 0 Å². The molecule has 0 bridgehead atoms. The van der Waals surface area contributed by atoms with Crippen LogP contribution in [-0.4, -0.2) is 31.2 Å². The molecule has 0 radical (unpaired) electrons. The molecule has 0 amide bonds. The highest BCUT2D eigenvalue weighted by atomic mass is 19.1. The van der Waals surface area contributed by atoms with Gasteiger partial charge in [-0.1, -0.05) is 6.92 Å². The third-order valence-electron chi connectivity index (χ3n) is 3.82. The Bertz CT molecular complexity index is 620. The zero-order valence-corrected chi connectivity index (χ0v) is 12.1. The van der Waals surface area contributed by atoms with Gasteiger partial charge in [-0.15, -0.1) is 0 Å². The lowest BCUT2D eigenvalue weighted by molar-refractivity contribution is -0.484. The van der Waals surface area contributed by atoms with E-state index >= 15 is 0 Å². The molecular formula is C14H15F2NO5. The van der Waals surface area contributed by atoms with E-state index in [4.69, 9.17) is 4.74 Å². The van der Waals surface area contributed by atoms with E-state index in [9.17, 15) is 23.7 Å². The van der Waals surface area contributed by atoms with E-state index in [2.05, 4.69) is 4.74 Å². The molecule has 2 rings (SSSR count). The fourth-order valence-corrected chi connectivity index (χ4v) is 2.63. The van der Waals surface area contributed by atoms with Crippen molar-refractivity contribution in [2.24, 2.45) is 5.92 Å². The molecule has 6 nitrogen and oxygen atoms in total. The van der Waals surface area contributed by atoms with Crippen LogP contribution in [0, 0.1) is 27.7 Å². The molecule has 0 aliphatic carbocycles. The van der Waals surface area contributed by atoms with Gasteiger partial charge in [0.1, 0.15) is 17.4 Å². The van der Waals surface area contributed by atoms with E-state index in [1.165, 1.54) is 6.92 Å². The van der Waals surface area contributed by atoms with Crippen molar-refractivity contribution in [3.63, 3.8) is 0 Å². The summed E-state index contributed by atoms with van der Waals surface area (Å²) < 4.78 is 38.4. The number of nitrogens with zero attached hydrogens (tertiary/aromatic N) is 1. The molecule has 0 saturated carbocycles. The fourth-order valence-electron chi connectivity index (χ4n) is 2.63. The summed E-state index contributed by atoms with van der Waals surface area (Å²) in [4.78, 5) is 21.8. The van der Waals surface area contributed by atoms with Gasteiger partial charge < -0.3 is 9.47 Å². The van der Waals surface area contributed by atoms with Crippen LogP contribution in [0.5, 0.6) is 5.75 Å². The Kier molecular flexibility index (Phi) is 4.58. The SMILES string of the molecule is COC(=O)C(C)[C@@H](C[N+](=O)[O-])c1c(F)cc2c(c1F)CCO2. The minimum absolute atomic E-state index is 0.101. The van der Waals surface area contributed by atoms with E-state index in [0.717, 1.165) is 13.2 Å². The lowest BCUT2D eigenvalue weighted by Crippen LogP contribution is -2.28. The fraction of sp³-hybridized carbons (Fsp3) is 0.500. The van der Waals surface area contributed by atoms with Crippen LogP contribution >= 0.6 is 0 Å². The Hall–Kier alpha value is -2.25.